The van der Waals surface area contributed by atoms with Crippen LogP contribution in [0.4, 0.5) is 26.3 Å². The summed E-state index contributed by atoms with van der Waals surface area (Å²) in [6, 6.07) is 2.06. The van der Waals surface area contributed by atoms with E-state index in [1.54, 1.807) is 0 Å². The number of rotatable bonds is 10. The van der Waals surface area contributed by atoms with Crippen LogP contribution in [0.1, 0.15) is 30.6 Å². The van der Waals surface area contributed by atoms with Gasteiger partial charge < -0.3 is 14.0 Å². The van der Waals surface area contributed by atoms with Gasteiger partial charge in [-0.3, -0.25) is 9.35 Å². The molecule has 0 aliphatic carbocycles. The fourth-order valence-corrected chi connectivity index (χ4v) is 3.33. The molecule has 0 fully saturated rings. The highest BCUT2D eigenvalue weighted by Gasteiger charge is 2.83. The minimum absolute atomic E-state index is 0.0652. The molecule has 34 heavy (non-hydrogen) atoms. The lowest BCUT2D eigenvalue weighted by molar-refractivity contribution is -0.247. The van der Waals surface area contributed by atoms with E-state index < -0.39 is 71.9 Å². The number of benzene rings is 1. The van der Waals surface area contributed by atoms with Gasteiger partial charge >= 0.3 is 48.6 Å². The zero-order valence-corrected chi connectivity index (χ0v) is 18.6. The number of halogens is 6. The summed E-state index contributed by atoms with van der Waals surface area (Å²) < 4.78 is 141. The van der Waals surface area contributed by atoms with Crippen LogP contribution in [0.25, 0.3) is 0 Å². The summed E-state index contributed by atoms with van der Waals surface area (Å²) in [4.78, 5) is 23.9. The molecule has 1 atom stereocenters. The highest BCUT2D eigenvalue weighted by atomic mass is 32.2. The maximum atomic E-state index is 13.8. The molecule has 1 unspecified atom stereocenters. The topological polar surface area (TPSA) is 161 Å². The number of aliphatic hydroxyl groups excluding tert-OH is 1. The monoisotopic (exact) mass is 546 g/mol. The summed E-state index contributed by atoms with van der Waals surface area (Å²) in [6.45, 7) is 2.08. The molecule has 0 aliphatic rings. The van der Waals surface area contributed by atoms with E-state index >= 15 is 0 Å². The predicted molar refractivity (Wildman–Crippen MR) is 98.3 cm³/mol. The number of esters is 2. The fourth-order valence-electron chi connectivity index (χ4n) is 1.90. The molecule has 194 valence electrons. The molecule has 0 heterocycles. The van der Waals surface area contributed by atoms with Crippen molar-refractivity contribution < 1.29 is 71.3 Å². The average Bonchev–Trinajstić information content (AvgIpc) is 2.71. The number of hydrogen-bond acceptors (Lipinski definition) is 9. The van der Waals surface area contributed by atoms with Crippen LogP contribution in [0.5, 0.6) is 5.75 Å². The number of carbonyl (C=O) groups is 2. The van der Waals surface area contributed by atoms with Gasteiger partial charge in [0, 0.05) is 0 Å². The number of ether oxygens (including phenoxy) is 1. The average molecular weight is 546 g/mol. The molecule has 10 nitrogen and oxygen atoms in total. The lowest BCUT2D eigenvalue weighted by Crippen LogP contribution is -2.61. The molecule has 0 saturated heterocycles. The Kier molecular flexibility index (Phi) is 8.10. The Hall–Kier alpha value is -2.44. The summed E-state index contributed by atoms with van der Waals surface area (Å²) in [5.41, 5.74) is -1.96. The Morgan fingerprint density at radius 3 is 1.79 bits per heavy atom. The van der Waals surface area contributed by atoms with E-state index in [1.807, 2.05) is 0 Å². The van der Waals surface area contributed by atoms with Gasteiger partial charge in [0.2, 0.25) is 0 Å². The molecule has 0 radical (unpaired) electrons. The van der Waals surface area contributed by atoms with Gasteiger partial charge in [0.1, 0.15) is 5.75 Å². The molecule has 0 bridgehead atoms. The first-order valence-corrected chi connectivity index (χ1v) is 11.5. The summed E-state index contributed by atoms with van der Waals surface area (Å²) >= 11 is 0. The first-order valence-electron chi connectivity index (χ1n) is 8.63. The molecular formula is C16H16F6O10S2. The summed E-state index contributed by atoms with van der Waals surface area (Å²) in [7, 11) is -14.2. The fraction of sp³-hybridized carbons (Fsp3) is 0.500. The molecule has 1 rings (SSSR count). The van der Waals surface area contributed by atoms with Crippen LogP contribution < -0.4 is 4.18 Å². The van der Waals surface area contributed by atoms with Gasteiger partial charge in [0.05, 0.1) is 17.6 Å². The second-order valence-corrected chi connectivity index (χ2v) is 9.94. The molecule has 0 amide bonds. The van der Waals surface area contributed by atoms with Gasteiger partial charge in [-0.1, -0.05) is 6.92 Å². The Morgan fingerprint density at radius 2 is 1.41 bits per heavy atom. The van der Waals surface area contributed by atoms with Crippen molar-refractivity contribution in [1.82, 2.24) is 0 Å². The minimum Gasteiger partial charge on any atom is -0.395 e. The van der Waals surface area contributed by atoms with Crippen molar-refractivity contribution in [1.29, 1.82) is 0 Å². The second-order valence-electron chi connectivity index (χ2n) is 6.89. The van der Waals surface area contributed by atoms with Crippen molar-refractivity contribution in [2.75, 3.05) is 6.61 Å². The molecule has 1 aromatic rings. The third-order valence-corrected chi connectivity index (χ3v) is 6.67. The molecular weight excluding hydrogens is 530 g/mol. The Bertz CT molecular complexity index is 1140. The van der Waals surface area contributed by atoms with Crippen LogP contribution in [0.15, 0.2) is 24.3 Å². The van der Waals surface area contributed by atoms with Crippen LogP contribution in [0, 0.1) is 5.41 Å². The lowest BCUT2D eigenvalue weighted by atomic mass is 9.89. The van der Waals surface area contributed by atoms with Crippen LogP contribution in [-0.2, 0) is 29.8 Å². The zero-order valence-electron chi connectivity index (χ0n) is 17.0. The summed E-state index contributed by atoms with van der Waals surface area (Å²) in [6.07, 6.45) is 0.0652. The van der Waals surface area contributed by atoms with Gasteiger partial charge in [-0.25, -0.2) is 4.79 Å². The van der Waals surface area contributed by atoms with Crippen LogP contribution >= 0.6 is 0 Å². The van der Waals surface area contributed by atoms with E-state index in [0.29, 0.717) is 24.3 Å². The molecule has 1 aromatic carbocycles. The van der Waals surface area contributed by atoms with E-state index in [1.165, 1.54) is 13.8 Å². The van der Waals surface area contributed by atoms with Gasteiger partial charge in [0.25, 0.3) is 0 Å². The highest BCUT2D eigenvalue weighted by molar-refractivity contribution is 7.88. The van der Waals surface area contributed by atoms with E-state index in [2.05, 4.69) is 8.92 Å². The molecule has 18 heteroatoms. The van der Waals surface area contributed by atoms with E-state index in [9.17, 15) is 57.9 Å². The third kappa shape index (κ3) is 5.13. The number of hydrogen-bond donors (Lipinski definition) is 2. The predicted octanol–water partition coefficient (Wildman–Crippen LogP) is 2.20. The summed E-state index contributed by atoms with van der Waals surface area (Å²) in [5.74, 6) is -10.9. The molecule has 0 spiro atoms. The lowest BCUT2D eigenvalue weighted by Gasteiger charge is -2.29. The molecule has 0 saturated carbocycles. The number of aliphatic hydroxyl groups is 1. The van der Waals surface area contributed by atoms with Crippen molar-refractivity contribution in [3.63, 3.8) is 0 Å². The van der Waals surface area contributed by atoms with E-state index in [-0.39, 0.29) is 6.42 Å². The zero-order chi connectivity index (χ0) is 27.0. The van der Waals surface area contributed by atoms with Gasteiger partial charge in [-0.2, -0.15) is 43.2 Å². The Labute approximate surface area is 188 Å². The summed E-state index contributed by atoms with van der Waals surface area (Å²) in [5, 5.41) is -4.60. The van der Waals surface area contributed by atoms with Crippen LogP contribution in [0.3, 0.4) is 0 Å². The van der Waals surface area contributed by atoms with Gasteiger partial charge in [-0.15, -0.1) is 0 Å². The van der Waals surface area contributed by atoms with E-state index in [0.717, 1.165) is 0 Å². The quantitative estimate of drug-likeness (QED) is 0.146. The first kappa shape index (κ1) is 29.6. The van der Waals surface area contributed by atoms with E-state index in [4.69, 9.17) is 4.55 Å². The minimum atomic E-state index is -7.19. The molecule has 0 aromatic heterocycles. The first-order chi connectivity index (χ1) is 15.1. The Balaban J connectivity index is 3.17. The molecule has 2 N–H and O–H groups in total. The Morgan fingerprint density at radius 1 is 0.941 bits per heavy atom. The number of carbonyl (C=O) groups excluding carboxylic acids is 2. The standard InChI is InChI=1S/C16H16F6O10S2/c1-3-13(2,8-23)12(25)31-11(24)9-4-6-10(7-5-9)32-34(29,30)16(21,22)14(17,18)15(19,20)33(26,27)28/h4-7,23H,3,8H2,1-2H3,(H,26,27,28). The van der Waals surface area contributed by atoms with Gasteiger partial charge in [-0.05, 0) is 37.6 Å². The van der Waals surface area contributed by atoms with Crippen molar-refractivity contribution >= 4 is 32.2 Å². The van der Waals surface area contributed by atoms with Crippen molar-refractivity contribution in [2.45, 2.75) is 36.7 Å². The SMILES string of the molecule is CCC(C)(CO)C(=O)OC(=O)c1ccc(OS(=O)(=O)C(F)(F)C(F)(F)C(F)(F)S(=O)(=O)O)cc1. The van der Waals surface area contributed by atoms with Crippen molar-refractivity contribution in [3.8, 4) is 5.75 Å². The van der Waals surface area contributed by atoms with Crippen LogP contribution in [0.2, 0.25) is 0 Å². The van der Waals surface area contributed by atoms with Crippen molar-refractivity contribution in [3.05, 3.63) is 29.8 Å². The number of alkyl halides is 6. The highest BCUT2D eigenvalue weighted by Crippen LogP contribution is 2.50. The molecule has 0 aliphatic heterocycles. The normalized spacial score (nSPS) is 15.4. The smallest absolute Gasteiger partial charge is 0.395 e. The third-order valence-electron chi connectivity index (χ3n) is 4.47. The van der Waals surface area contributed by atoms with Crippen LogP contribution in [-0.4, -0.2) is 61.5 Å². The maximum Gasteiger partial charge on any atom is 0.450 e. The van der Waals surface area contributed by atoms with Crippen molar-refractivity contribution in [2.24, 2.45) is 5.41 Å². The largest absolute Gasteiger partial charge is 0.450 e. The van der Waals surface area contributed by atoms with Gasteiger partial charge in [0.15, 0.2) is 0 Å². The second kappa shape index (κ2) is 9.31. The maximum absolute atomic E-state index is 13.8.